The first-order valence-electron chi connectivity index (χ1n) is 9.46. The summed E-state index contributed by atoms with van der Waals surface area (Å²) in [4.78, 5) is 4.95. The Bertz CT molecular complexity index is 1100. The van der Waals surface area contributed by atoms with Gasteiger partial charge in [-0.15, -0.1) is 0 Å². The molecule has 4 heteroatoms. The Morgan fingerprint density at radius 1 is 1.04 bits per heavy atom. The summed E-state index contributed by atoms with van der Waals surface area (Å²) in [5.41, 5.74) is 7.86. The van der Waals surface area contributed by atoms with Crippen LogP contribution in [0, 0.1) is 13.8 Å². The monoisotopic (exact) mass is 346 g/mol. The third-order valence-corrected chi connectivity index (χ3v) is 5.53. The molecule has 0 bridgehead atoms. The van der Waals surface area contributed by atoms with Gasteiger partial charge in [-0.3, -0.25) is 0 Å². The predicted octanol–water partition coefficient (Wildman–Crippen LogP) is 5.41. The van der Waals surface area contributed by atoms with Crippen molar-refractivity contribution >= 4 is 16.6 Å². The van der Waals surface area contributed by atoms with Gasteiger partial charge in [0.1, 0.15) is 5.69 Å². The van der Waals surface area contributed by atoms with Crippen molar-refractivity contribution in [3.63, 3.8) is 0 Å². The van der Waals surface area contributed by atoms with E-state index >= 15 is 0 Å². The van der Waals surface area contributed by atoms with Crippen LogP contribution < -0.4 is 0 Å². The zero-order valence-electron chi connectivity index (χ0n) is 16.2. The van der Waals surface area contributed by atoms with Crippen LogP contribution in [-0.2, 0) is 7.05 Å². The molecule has 0 aliphatic rings. The maximum Gasteiger partial charge on any atom is 0.158 e. The fraction of sp³-hybridized carbons (Fsp3) is 0.364. The first kappa shape index (κ1) is 16.8. The summed E-state index contributed by atoms with van der Waals surface area (Å²) in [6.07, 6.45) is 2.23. The van der Waals surface area contributed by atoms with Crippen LogP contribution in [0.4, 0.5) is 0 Å². The molecule has 0 aliphatic heterocycles. The zero-order valence-corrected chi connectivity index (χ0v) is 16.2. The van der Waals surface area contributed by atoms with Crippen LogP contribution in [0.2, 0.25) is 0 Å². The van der Waals surface area contributed by atoms with Gasteiger partial charge in [-0.05, 0) is 50.8 Å². The van der Waals surface area contributed by atoms with Gasteiger partial charge in [0.05, 0.1) is 17.1 Å². The second kappa shape index (κ2) is 6.27. The number of aryl methyl sites for hydroxylation is 3. The number of para-hydroxylation sites is 1. The zero-order chi connectivity index (χ0) is 18.4. The maximum atomic E-state index is 4.95. The van der Waals surface area contributed by atoms with E-state index in [0.717, 1.165) is 41.3 Å². The van der Waals surface area contributed by atoms with Gasteiger partial charge in [-0.25, -0.2) is 9.50 Å². The minimum Gasteiger partial charge on any atom is -0.342 e. The van der Waals surface area contributed by atoms with Gasteiger partial charge in [0.25, 0.3) is 0 Å². The van der Waals surface area contributed by atoms with E-state index in [-0.39, 0.29) is 0 Å². The van der Waals surface area contributed by atoms with E-state index in [9.17, 15) is 0 Å². The highest BCUT2D eigenvalue weighted by Gasteiger charge is 2.21. The smallest absolute Gasteiger partial charge is 0.158 e. The molecule has 0 aliphatic carbocycles. The van der Waals surface area contributed by atoms with Crippen molar-refractivity contribution in [3.8, 4) is 11.4 Å². The van der Waals surface area contributed by atoms with Crippen LogP contribution in [-0.4, -0.2) is 19.2 Å². The first-order chi connectivity index (χ1) is 12.5. The molecule has 4 nitrogen and oxygen atoms in total. The first-order valence-corrected chi connectivity index (χ1v) is 9.46. The van der Waals surface area contributed by atoms with Crippen LogP contribution in [0.15, 0.2) is 36.4 Å². The molecule has 26 heavy (non-hydrogen) atoms. The number of hydrogen-bond acceptors (Lipinski definition) is 2. The number of aromatic nitrogens is 4. The van der Waals surface area contributed by atoms with E-state index in [4.69, 9.17) is 10.1 Å². The minimum atomic E-state index is 0.515. The molecule has 0 fully saturated rings. The van der Waals surface area contributed by atoms with Crippen molar-refractivity contribution in [2.24, 2.45) is 7.05 Å². The molecule has 0 radical (unpaired) electrons. The summed E-state index contributed by atoms with van der Waals surface area (Å²) < 4.78 is 4.30. The molecule has 0 amide bonds. The number of nitrogens with zero attached hydrogens (tertiary/aromatic N) is 4. The highest BCUT2D eigenvalue weighted by atomic mass is 15.3. The molecule has 4 rings (SSSR count). The number of fused-ring (bicyclic) bond motifs is 2. The van der Waals surface area contributed by atoms with Crippen LogP contribution in [0.5, 0.6) is 0 Å². The lowest BCUT2D eigenvalue weighted by Gasteiger charge is -2.15. The Hall–Kier alpha value is -2.62. The molecule has 0 spiro atoms. The van der Waals surface area contributed by atoms with E-state index < -0.39 is 0 Å². The highest BCUT2D eigenvalue weighted by molar-refractivity contribution is 5.87. The quantitative estimate of drug-likeness (QED) is 0.495. The third kappa shape index (κ3) is 2.44. The summed E-state index contributed by atoms with van der Waals surface area (Å²) in [5.74, 6) is 0.515. The number of rotatable bonds is 4. The van der Waals surface area contributed by atoms with Gasteiger partial charge in [0, 0.05) is 23.5 Å². The molecular formula is C22H26N4. The maximum absolute atomic E-state index is 4.95. The van der Waals surface area contributed by atoms with Crippen molar-refractivity contribution in [3.05, 3.63) is 53.3 Å². The Morgan fingerprint density at radius 2 is 1.77 bits per heavy atom. The van der Waals surface area contributed by atoms with Crippen molar-refractivity contribution in [2.75, 3.05) is 0 Å². The Labute approximate surface area is 154 Å². The molecule has 0 unspecified atom stereocenters. The Kier molecular flexibility index (Phi) is 4.06. The number of benzene rings is 1. The summed E-state index contributed by atoms with van der Waals surface area (Å²) in [5, 5.41) is 6.08. The van der Waals surface area contributed by atoms with Crippen LogP contribution in [0.1, 0.15) is 49.6 Å². The molecule has 0 saturated carbocycles. The Morgan fingerprint density at radius 3 is 2.46 bits per heavy atom. The minimum absolute atomic E-state index is 0.515. The number of imidazole rings is 1. The topological polar surface area (TPSA) is 35.1 Å². The van der Waals surface area contributed by atoms with Gasteiger partial charge < -0.3 is 4.57 Å². The van der Waals surface area contributed by atoms with E-state index in [1.165, 1.54) is 16.5 Å². The molecule has 0 saturated heterocycles. The fourth-order valence-corrected chi connectivity index (χ4v) is 4.12. The third-order valence-electron chi connectivity index (χ3n) is 5.53. The SMILES string of the molecule is CCC(CC)c1cc(C)nn2c(-c3cc4ccccc4n3C)c(C)nc12. The second-order valence-electron chi connectivity index (χ2n) is 7.18. The summed E-state index contributed by atoms with van der Waals surface area (Å²) in [6.45, 7) is 8.67. The van der Waals surface area contributed by atoms with Gasteiger partial charge >= 0.3 is 0 Å². The van der Waals surface area contributed by atoms with Crippen LogP contribution >= 0.6 is 0 Å². The van der Waals surface area contributed by atoms with Gasteiger partial charge in [-0.2, -0.15) is 5.10 Å². The molecule has 3 heterocycles. The highest BCUT2D eigenvalue weighted by Crippen LogP contribution is 2.33. The summed E-state index contributed by atoms with van der Waals surface area (Å²) in [7, 11) is 2.12. The van der Waals surface area contributed by atoms with Crippen LogP contribution in [0.25, 0.3) is 27.9 Å². The normalized spacial score (nSPS) is 11.9. The van der Waals surface area contributed by atoms with E-state index in [1.54, 1.807) is 0 Å². The summed E-state index contributed by atoms with van der Waals surface area (Å²) >= 11 is 0. The molecular weight excluding hydrogens is 320 g/mol. The van der Waals surface area contributed by atoms with Gasteiger partial charge in [0.2, 0.25) is 0 Å². The fourth-order valence-electron chi connectivity index (χ4n) is 4.12. The van der Waals surface area contributed by atoms with Gasteiger partial charge in [-0.1, -0.05) is 32.0 Å². The average molecular weight is 346 g/mol. The predicted molar refractivity (Wildman–Crippen MR) is 108 cm³/mol. The largest absolute Gasteiger partial charge is 0.342 e. The van der Waals surface area contributed by atoms with Crippen LogP contribution in [0.3, 0.4) is 0 Å². The lowest BCUT2D eigenvalue weighted by Crippen LogP contribution is -2.05. The average Bonchev–Trinajstić information content (AvgIpc) is 3.13. The van der Waals surface area contributed by atoms with E-state index in [2.05, 4.69) is 80.2 Å². The lowest BCUT2D eigenvalue weighted by molar-refractivity contribution is 0.638. The second-order valence-corrected chi connectivity index (χ2v) is 7.18. The van der Waals surface area contributed by atoms with E-state index in [0.29, 0.717) is 5.92 Å². The molecule has 0 N–H and O–H groups in total. The lowest BCUT2D eigenvalue weighted by atomic mass is 9.95. The standard InChI is InChI=1S/C22H26N4/c1-6-16(7-2)18-12-14(3)24-26-21(15(4)23-22(18)26)20-13-17-10-8-9-11-19(17)25(20)5/h8-13,16H,6-7H2,1-5H3. The molecule has 1 aromatic carbocycles. The Balaban J connectivity index is 2.04. The van der Waals surface area contributed by atoms with E-state index in [1.807, 2.05) is 0 Å². The number of hydrogen-bond donors (Lipinski definition) is 0. The molecule has 0 atom stereocenters. The van der Waals surface area contributed by atoms with Crippen molar-refractivity contribution in [1.29, 1.82) is 0 Å². The summed E-state index contributed by atoms with van der Waals surface area (Å²) in [6, 6.07) is 12.9. The van der Waals surface area contributed by atoms with Crippen molar-refractivity contribution in [2.45, 2.75) is 46.5 Å². The van der Waals surface area contributed by atoms with Gasteiger partial charge in [0.15, 0.2) is 5.65 Å². The van der Waals surface area contributed by atoms with Crippen molar-refractivity contribution < 1.29 is 0 Å². The van der Waals surface area contributed by atoms with Crippen molar-refractivity contribution in [1.82, 2.24) is 19.2 Å². The molecule has 4 aromatic rings. The molecule has 134 valence electrons. The molecule has 3 aromatic heterocycles.